The number of carbonyl (C=O) groups excluding carboxylic acids is 1. The summed E-state index contributed by atoms with van der Waals surface area (Å²) in [5.74, 6) is 0.513. The van der Waals surface area contributed by atoms with E-state index in [4.69, 9.17) is 5.11 Å². The molecule has 13 heavy (non-hydrogen) atoms. The number of nitrogens with one attached hydrogen (secondary N) is 2. The van der Waals surface area contributed by atoms with Gasteiger partial charge in [-0.1, -0.05) is 6.92 Å². The SMILES string of the molecule is CC1CNCC1C(=O)N[C@@H](C)CO. The minimum absolute atomic E-state index is 0.000267. The van der Waals surface area contributed by atoms with Crippen LogP contribution in [0.3, 0.4) is 0 Å². The average molecular weight is 186 g/mol. The van der Waals surface area contributed by atoms with Gasteiger partial charge in [0.05, 0.1) is 12.5 Å². The molecule has 1 amide bonds. The zero-order valence-electron chi connectivity index (χ0n) is 8.21. The maximum absolute atomic E-state index is 11.6. The lowest BCUT2D eigenvalue weighted by molar-refractivity contribution is -0.126. The highest BCUT2D eigenvalue weighted by Crippen LogP contribution is 2.15. The predicted molar refractivity (Wildman–Crippen MR) is 50.2 cm³/mol. The molecule has 3 N–H and O–H groups in total. The van der Waals surface area contributed by atoms with Gasteiger partial charge in [0.15, 0.2) is 0 Å². The standard InChI is InChI=1S/C9H18N2O2/c1-6-3-10-4-8(6)9(13)11-7(2)5-12/h6-8,10,12H,3-5H2,1-2H3,(H,11,13)/t6?,7-,8?/m0/s1. The lowest BCUT2D eigenvalue weighted by atomic mass is 9.97. The van der Waals surface area contributed by atoms with Crippen LogP contribution < -0.4 is 10.6 Å². The first kappa shape index (κ1) is 10.5. The first-order chi connectivity index (χ1) is 6.15. The van der Waals surface area contributed by atoms with Gasteiger partial charge in [-0.25, -0.2) is 0 Å². The summed E-state index contributed by atoms with van der Waals surface area (Å²) in [6.45, 7) is 5.52. The van der Waals surface area contributed by atoms with E-state index in [1.165, 1.54) is 0 Å². The molecule has 0 aliphatic carbocycles. The van der Waals surface area contributed by atoms with E-state index >= 15 is 0 Å². The molecule has 3 atom stereocenters. The molecule has 1 aliphatic heterocycles. The maximum atomic E-state index is 11.6. The number of carbonyl (C=O) groups is 1. The van der Waals surface area contributed by atoms with Crippen molar-refractivity contribution in [1.29, 1.82) is 0 Å². The zero-order valence-corrected chi connectivity index (χ0v) is 8.21. The Morgan fingerprint density at radius 3 is 2.85 bits per heavy atom. The number of hydrogen-bond donors (Lipinski definition) is 3. The first-order valence-electron chi connectivity index (χ1n) is 4.77. The van der Waals surface area contributed by atoms with Gasteiger partial charge in [-0.2, -0.15) is 0 Å². The summed E-state index contributed by atoms with van der Waals surface area (Å²) in [6, 6.07) is -0.139. The summed E-state index contributed by atoms with van der Waals surface area (Å²) < 4.78 is 0. The topological polar surface area (TPSA) is 61.4 Å². The van der Waals surface area contributed by atoms with Gasteiger partial charge < -0.3 is 15.7 Å². The van der Waals surface area contributed by atoms with E-state index in [1.807, 2.05) is 0 Å². The normalized spacial score (nSPS) is 30.1. The van der Waals surface area contributed by atoms with Gasteiger partial charge in [0.25, 0.3) is 0 Å². The molecule has 1 saturated heterocycles. The summed E-state index contributed by atoms with van der Waals surface area (Å²) in [5, 5.41) is 14.7. The molecule has 4 heteroatoms. The number of rotatable bonds is 3. The van der Waals surface area contributed by atoms with Crippen molar-refractivity contribution in [2.45, 2.75) is 19.9 Å². The van der Waals surface area contributed by atoms with Crippen molar-refractivity contribution >= 4 is 5.91 Å². The molecule has 0 saturated carbocycles. The van der Waals surface area contributed by atoms with Crippen LogP contribution in [0, 0.1) is 11.8 Å². The largest absolute Gasteiger partial charge is 0.394 e. The van der Waals surface area contributed by atoms with Crippen molar-refractivity contribution in [2.24, 2.45) is 11.8 Å². The van der Waals surface area contributed by atoms with Crippen molar-refractivity contribution in [3.63, 3.8) is 0 Å². The third kappa shape index (κ3) is 2.67. The van der Waals surface area contributed by atoms with Crippen LogP contribution in [-0.4, -0.2) is 36.8 Å². The van der Waals surface area contributed by atoms with E-state index in [0.717, 1.165) is 13.1 Å². The summed E-state index contributed by atoms with van der Waals surface area (Å²) in [6.07, 6.45) is 0. The van der Waals surface area contributed by atoms with Gasteiger partial charge in [0.1, 0.15) is 0 Å². The Morgan fingerprint density at radius 2 is 2.38 bits per heavy atom. The van der Waals surface area contributed by atoms with Crippen LogP contribution >= 0.6 is 0 Å². The van der Waals surface area contributed by atoms with E-state index in [1.54, 1.807) is 6.92 Å². The van der Waals surface area contributed by atoms with Crippen LogP contribution in [0.4, 0.5) is 0 Å². The van der Waals surface area contributed by atoms with E-state index < -0.39 is 0 Å². The van der Waals surface area contributed by atoms with E-state index in [-0.39, 0.29) is 24.5 Å². The minimum Gasteiger partial charge on any atom is -0.394 e. The molecule has 2 unspecified atom stereocenters. The molecule has 76 valence electrons. The van der Waals surface area contributed by atoms with Crippen LogP contribution in [0.25, 0.3) is 0 Å². The average Bonchev–Trinajstić information content (AvgIpc) is 2.51. The van der Waals surface area contributed by atoms with Crippen LogP contribution in [-0.2, 0) is 4.79 Å². The Hall–Kier alpha value is -0.610. The Kier molecular flexibility index (Phi) is 3.69. The van der Waals surface area contributed by atoms with Gasteiger partial charge in [-0.15, -0.1) is 0 Å². The number of hydrogen-bond acceptors (Lipinski definition) is 3. The molecule has 1 fully saturated rings. The number of aliphatic hydroxyl groups is 1. The minimum atomic E-state index is -0.139. The summed E-state index contributed by atoms with van der Waals surface area (Å²) in [7, 11) is 0. The van der Waals surface area contributed by atoms with Crippen molar-refractivity contribution < 1.29 is 9.90 Å². The molecule has 0 spiro atoms. The van der Waals surface area contributed by atoms with Gasteiger partial charge >= 0.3 is 0 Å². The van der Waals surface area contributed by atoms with Crippen LogP contribution in [0.1, 0.15) is 13.8 Å². The molecule has 1 heterocycles. The van der Waals surface area contributed by atoms with Crippen molar-refractivity contribution in [1.82, 2.24) is 10.6 Å². The lowest BCUT2D eigenvalue weighted by Gasteiger charge is -2.17. The highest BCUT2D eigenvalue weighted by molar-refractivity contribution is 5.79. The molecule has 0 bridgehead atoms. The van der Waals surface area contributed by atoms with Crippen LogP contribution in [0.2, 0.25) is 0 Å². The first-order valence-corrected chi connectivity index (χ1v) is 4.77. The molecule has 0 aromatic rings. The molecule has 0 aromatic heterocycles. The van der Waals surface area contributed by atoms with Gasteiger partial charge in [0, 0.05) is 12.6 Å². The molecular weight excluding hydrogens is 168 g/mol. The summed E-state index contributed by atoms with van der Waals surface area (Å²) in [4.78, 5) is 11.6. The quantitative estimate of drug-likeness (QED) is 0.548. The van der Waals surface area contributed by atoms with Crippen molar-refractivity contribution in [3.05, 3.63) is 0 Å². The van der Waals surface area contributed by atoms with Crippen molar-refractivity contribution in [2.75, 3.05) is 19.7 Å². The Balaban J connectivity index is 2.38. The molecular formula is C9H18N2O2. The molecule has 4 nitrogen and oxygen atoms in total. The Bertz CT molecular complexity index is 184. The second-order valence-corrected chi connectivity index (χ2v) is 3.83. The Labute approximate surface area is 78.7 Å². The fourth-order valence-electron chi connectivity index (χ4n) is 1.56. The fourth-order valence-corrected chi connectivity index (χ4v) is 1.56. The van der Waals surface area contributed by atoms with Gasteiger partial charge in [0.2, 0.25) is 5.91 Å². The smallest absolute Gasteiger partial charge is 0.225 e. The number of aliphatic hydroxyl groups excluding tert-OH is 1. The monoisotopic (exact) mass is 186 g/mol. The number of amides is 1. The third-order valence-electron chi connectivity index (χ3n) is 2.52. The predicted octanol–water partition coefficient (Wildman–Crippen LogP) is -0.661. The third-order valence-corrected chi connectivity index (χ3v) is 2.52. The summed E-state index contributed by atoms with van der Waals surface area (Å²) in [5.41, 5.74) is 0. The summed E-state index contributed by atoms with van der Waals surface area (Å²) >= 11 is 0. The van der Waals surface area contributed by atoms with Crippen molar-refractivity contribution in [3.8, 4) is 0 Å². The second-order valence-electron chi connectivity index (χ2n) is 3.83. The van der Waals surface area contributed by atoms with E-state index in [2.05, 4.69) is 17.6 Å². The highest BCUT2D eigenvalue weighted by atomic mass is 16.3. The Morgan fingerprint density at radius 1 is 1.69 bits per heavy atom. The lowest BCUT2D eigenvalue weighted by Crippen LogP contribution is -2.41. The van der Waals surface area contributed by atoms with Gasteiger partial charge in [-0.3, -0.25) is 4.79 Å². The van der Waals surface area contributed by atoms with Crippen LogP contribution in [0.15, 0.2) is 0 Å². The molecule has 1 aliphatic rings. The van der Waals surface area contributed by atoms with Crippen LogP contribution in [0.5, 0.6) is 0 Å². The molecule has 0 aromatic carbocycles. The van der Waals surface area contributed by atoms with E-state index in [9.17, 15) is 4.79 Å². The highest BCUT2D eigenvalue weighted by Gasteiger charge is 2.29. The second kappa shape index (κ2) is 4.58. The maximum Gasteiger partial charge on any atom is 0.225 e. The zero-order chi connectivity index (χ0) is 9.84. The van der Waals surface area contributed by atoms with E-state index in [0.29, 0.717) is 5.92 Å². The molecule has 1 rings (SSSR count). The molecule has 0 radical (unpaired) electrons. The van der Waals surface area contributed by atoms with Gasteiger partial charge in [-0.05, 0) is 19.4 Å². The fraction of sp³-hybridized carbons (Fsp3) is 0.889.